The van der Waals surface area contributed by atoms with Crippen molar-refractivity contribution < 1.29 is 14.2 Å². The van der Waals surface area contributed by atoms with Crippen molar-refractivity contribution >= 4 is 17.4 Å². The van der Waals surface area contributed by atoms with Gasteiger partial charge in [0, 0.05) is 39.9 Å². The van der Waals surface area contributed by atoms with Gasteiger partial charge in [-0.3, -0.25) is 9.59 Å². The molecule has 5 rings (SSSR count). The minimum atomic E-state index is -0.333. The zero-order valence-electron chi connectivity index (χ0n) is 16.7. The van der Waals surface area contributed by atoms with Gasteiger partial charge in [0.1, 0.15) is 5.71 Å². The normalized spacial score (nSPS) is 13.4. The maximum Gasteiger partial charge on any atom is 0.277 e. The van der Waals surface area contributed by atoms with Crippen LogP contribution in [0.15, 0.2) is 108 Å². The topological polar surface area (TPSA) is 50.4 Å². The molecule has 2 heterocycles. The number of benzene rings is 3. The molecule has 4 aromatic rings. The quantitative estimate of drug-likeness (QED) is 0.334. The Morgan fingerprint density at radius 1 is 0.677 bits per heavy atom. The number of amides is 1. The smallest absolute Gasteiger partial charge is 0.277 e. The summed E-state index contributed by atoms with van der Waals surface area (Å²) in [4.78, 5) is 30.1. The average Bonchev–Trinajstić information content (AvgIpc) is 2.84. The van der Waals surface area contributed by atoms with E-state index in [-0.39, 0.29) is 11.7 Å². The molecule has 0 aliphatic carbocycles. The van der Waals surface area contributed by atoms with Crippen molar-refractivity contribution in [3.8, 4) is 0 Å². The molecule has 0 unspecified atom stereocenters. The lowest BCUT2D eigenvalue weighted by Gasteiger charge is -2.16. The van der Waals surface area contributed by atoms with Gasteiger partial charge in [-0.15, -0.1) is 0 Å². The Kier molecular flexibility index (Phi) is 4.81. The Balaban J connectivity index is 1.48. The molecule has 0 saturated carbocycles. The first-order chi connectivity index (χ1) is 15.2. The summed E-state index contributed by atoms with van der Waals surface area (Å²) in [5.41, 5.74) is 5.28. The van der Waals surface area contributed by atoms with E-state index in [1.54, 1.807) is 36.4 Å². The largest absolute Gasteiger partial charge is 0.289 e. The maximum absolute atomic E-state index is 13.0. The fourth-order valence-electron chi connectivity index (χ4n) is 3.84. The molecular weight excluding hydrogens is 384 g/mol. The van der Waals surface area contributed by atoms with E-state index in [0.29, 0.717) is 22.4 Å². The number of carbonyl (C=O) groups is 2. The minimum absolute atomic E-state index is 0.0718. The van der Waals surface area contributed by atoms with Crippen molar-refractivity contribution in [2.45, 2.75) is 6.54 Å². The molecule has 1 amide bonds. The van der Waals surface area contributed by atoms with Crippen LogP contribution in [0.25, 0.3) is 0 Å². The standard InChI is InChI=1S/C27H19N2O2/c30-26(19-8-2-1-3-9-19)20-13-15-21(16-14-20)27(31)28-25-23-11-5-4-10-22(23)18-29-17-7-6-12-24(25)29/h1-17H,18H2/q+1. The Morgan fingerprint density at radius 3 is 2.13 bits per heavy atom. The van der Waals surface area contributed by atoms with Crippen molar-refractivity contribution in [3.05, 3.63) is 137 Å². The Hall–Kier alpha value is -4.18. The van der Waals surface area contributed by atoms with Crippen molar-refractivity contribution in [1.29, 1.82) is 0 Å². The minimum Gasteiger partial charge on any atom is -0.289 e. The van der Waals surface area contributed by atoms with Gasteiger partial charge in [0.25, 0.3) is 5.91 Å². The number of hydrogen-bond donors (Lipinski definition) is 0. The zero-order valence-corrected chi connectivity index (χ0v) is 16.7. The Labute approximate surface area is 180 Å². The number of ketones is 1. The van der Waals surface area contributed by atoms with Crippen molar-refractivity contribution in [2.24, 2.45) is 4.99 Å². The van der Waals surface area contributed by atoms with Crippen LogP contribution in [0.5, 0.6) is 0 Å². The first-order valence-corrected chi connectivity index (χ1v) is 10.1. The van der Waals surface area contributed by atoms with E-state index in [4.69, 9.17) is 0 Å². The van der Waals surface area contributed by atoms with Gasteiger partial charge in [0.2, 0.25) is 5.69 Å². The summed E-state index contributed by atoms with van der Waals surface area (Å²) in [6.45, 7) is 0.746. The van der Waals surface area contributed by atoms with Crippen LogP contribution in [0.3, 0.4) is 0 Å². The van der Waals surface area contributed by atoms with Crippen LogP contribution in [0.1, 0.15) is 43.1 Å². The molecule has 1 aliphatic rings. The molecule has 0 bridgehead atoms. The molecule has 0 atom stereocenters. The third-order valence-corrected chi connectivity index (χ3v) is 5.44. The van der Waals surface area contributed by atoms with Gasteiger partial charge in [-0.25, -0.2) is 4.99 Å². The second-order valence-corrected chi connectivity index (χ2v) is 7.41. The van der Waals surface area contributed by atoms with Gasteiger partial charge in [0.05, 0.1) is 0 Å². The maximum atomic E-state index is 13.0. The number of carbonyl (C=O) groups excluding carboxylic acids is 2. The highest BCUT2D eigenvalue weighted by Crippen LogP contribution is 2.19. The Bertz CT molecular complexity index is 1280. The van der Waals surface area contributed by atoms with Crippen molar-refractivity contribution in [2.75, 3.05) is 0 Å². The van der Waals surface area contributed by atoms with Crippen LogP contribution in [0, 0.1) is 0 Å². The fourth-order valence-corrected chi connectivity index (χ4v) is 3.84. The number of hydrogen-bond acceptors (Lipinski definition) is 2. The second kappa shape index (κ2) is 7.92. The van der Waals surface area contributed by atoms with E-state index < -0.39 is 0 Å². The third-order valence-electron chi connectivity index (χ3n) is 5.44. The van der Waals surface area contributed by atoms with E-state index >= 15 is 0 Å². The zero-order chi connectivity index (χ0) is 21.2. The number of aliphatic imine (C=N–C) groups is 1. The second-order valence-electron chi connectivity index (χ2n) is 7.41. The summed E-state index contributed by atoms with van der Waals surface area (Å²) < 4.78 is 2.09. The van der Waals surface area contributed by atoms with Gasteiger partial charge >= 0.3 is 0 Å². The van der Waals surface area contributed by atoms with Gasteiger partial charge < -0.3 is 0 Å². The highest BCUT2D eigenvalue weighted by molar-refractivity contribution is 6.18. The first-order valence-electron chi connectivity index (χ1n) is 10.1. The van der Waals surface area contributed by atoms with Crippen LogP contribution >= 0.6 is 0 Å². The van der Waals surface area contributed by atoms with Crippen LogP contribution < -0.4 is 4.57 Å². The summed E-state index contributed by atoms with van der Waals surface area (Å²) in [6, 6.07) is 29.7. The Morgan fingerprint density at radius 2 is 1.32 bits per heavy atom. The van der Waals surface area contributed by atoms with Gasteiger partial charge in [-0.05, 0) is 18.2 Å². The molecule has 1 aliphatic heterocycles. The van der Waals surface area contributed by atoms with Crippen LogP contribution in [0.2, 0.25) is 0 Å². The van der Waals surface area contributed by atoms with Crippen molar-refractivity contribution in [1.82, 2.24) is 0 Å². The number of aromatic nitrogens is 1. The SMILES string of the molecule is O=C(N=C1c2ccccc2C[n+]2ccccc21)c1ccc(C(=O)c2ccccc2)cc1. The molecular formula is C27H19N2O2+. The highest BCUT2D eigenvalue weighted by Gasteiger charge is 2.28. The van der Waals surface area contributed by atoms with Gasteiger partial charge in [-0.2, -0.15) is 4.57 Å². The summed E-state index contributed by atoms with van der Waals surface area (Å²) in [5.74, 6) is -0.404. The van der Waals surface area contributed by atoms with E-state index in [9.17, 15) is 9.59 Å². The molecule has 0 N–H and O–H groups in total. The number of rotatable bonds is 3. The predicted octanol–water partition coefficient (Wildman–Crippen LogP) is 4.24. The lowest BCUT2D eigenvalue weighted by Crippen LogP contribution is -2.45. The number of pyridine rings is 1. The molecule has 3 aromatic carbocycles. The van der Waals surface area contributed by atoms with E-state index in [0.717, 1.165) is 23.4 Å². The average molecular weight is 403 g/mol. The number of fused-ring (bicyclic) bond motifs is 2. The summed E-state index contributed by atoms with van der Waals surface area (Å²) in [5, 5.41) is 0. The molecule has 148 valence electrons. The summed E-state index contributed by atoms with van der Waals surface area (Å²) in [6.07, 6.45) is 2.00. The third kappa shape index (κ3) is 3.60. The van der Waals surface area contributed by atoms with Gasteiger partial charge in [0.15, 0.2) is 18.5 Å². The highest BCUT2D eigenvalue weighted by atomic mass is 16.1. The van der Waals surface area contributed by atoms with E-state index in [1.165, 1.54) is 0 Å². The lowest BCUT2D eigenvalue weighted by molar-refractivity contribution is -0.690. The van der Waals surface area contributed by atoms with Crippen LogP contribution in [-0.2, 0) is 6.54 Å². The monoisotopic (exact) mass is 403 g/mol. The summed E-state index contributed by atoms with van der Waals surface area (Å²) >= 11 is 0. The summed E-state index contributed by atoms with van der Waals surface area (Å²) in [7, 11) is 0. The molecule has 0 spiro atoms. The van der Waals surface area contributed by atoms with Crippen LogP contribution in [-0.4, -0.2) is 17.4 Å². The lowest BCUT2D eigenvalue weighted by atomic mass is 9.96. The van der Waals surface area contributed by atoms with E-state index in [2.05, 4.69) is 15.6 Å². The number of nitrogens with zero attached hydrogens (tertiary/aromatic N) is 2. The molecule has 0 fully saturated rings. The fraction of sp³-hybridized carbons (Fsp3) is 0.0370. The molecule has 4 nitrogen and oxygen atoms in total. The molecule has 4 heteroatoms. The van der Waals surface area contributed by atoms with Gasteiger partial charge in [-0.1, -0.05) is 66.7 Å². The van der Waals surface area contributed by atoms with E-state index in [1.807, 2.05) is 60.8 Å². The predicted molar refractivity (Wildman–Crippen MR) is 118 cm³/mol. The van der Waals surface area contributed by atoms with Crippen molar-refractivity contribution in [3.63, 3.8) is 0 Å². The molecule has 31 heavy (non-hydrogen) atoms. The first kappa shape index (κ1) is 18.8. The molecule has 0 radical (unpaired) electrons. The molecule has 1 aromatic heterocycles. The van der Waals surface area contributed by atoms with Crippen LogP contribution in [0.4, 0.5) is 0 Å². The molecule has 0 saturated heterocycles.